The summed E-state index contributed by atoms with van der Waals surface area (Å²) in [5, 5.41) is 6.41. The molecule has 28 heavy (non-hydrogen) atoms. The molecule has 2 rings (SSSR count). The first-order valence-electron chi connectivity index (χ1n) is 9.51. The minimum Gasteiger partial charge on any atom is -0.379 e. The number of hydrogen-bond acceptors (Lipinski definition) is 5. The van der Waals surface area contributed by atoms with Crippen molar-refractivity contribution in [2.45, 2.75) is 39.5 Å². The number of nitrogens with zero attached hydrogens (tertiary/aromatic N) is 1. The van der Waals surface area contributed by atoms with Crippen LogP contribution in [0, 0.1) is 0 Å². The summed E-state index contributed by atoms with van der Waals surface area (Å²) >= 11 is 0. The lowest BCUT2D eigenvalue weighted by Gasteiger charge is -2.16. The Morgan fingerprint density at radius 2 is 1.96 bits per heavy atom. The Hall–Kier alpha value is -0.910. The van der Waals surface area contributed by atoms with E-state index in [-0.39, 0.29) is 41.5 Å². The normalized spacial score (nSPS) is 18.5. The van der Waals surface area contributed by atoms with Crippen LogP contribution in [0.2, 0.25) is 0 Å². The van der Waals surface area contributed by atoms with E-state index in [4.69, 9.17) is 9.47 Å². The van der Waals surface area contributed by atoms with Gasteiger partial charge in [0.15, 0.2) is 15.8 Å². The molecule has 0 bridgehead atoms. The Morgan fingerprint density at radius 3 is 2.64 bits per heavy atom. The van der Waals surface area contributed by atoms with Crippen LogP contribution in [0.4, 0.5) is 0 Å². The molecule has 1 unspecified atom stereocenters. The van der Waals surface area contributed by atoms with Gasteiger partial charge in [-0.1, -0.05) is 24.3 Å². The zero-order valence-electron chi connectivity index (χ0n) is 16.6. The predicted octanol–water partition coefficient (Wildman–Crippen LogP) is 2.10. The summed E-state index contributed by atoms with van der Waals surface area (Å²) in [5.41, 5.74) is 2.18. The number of benzene rings is 1. The molecule has 1 aliphatic rings. The molecule has 1 saturated heterocycles. The van der Waals surface area contributed by atoms with Crippen molar-refractivity contribution in [1.82, 2.24) is 10.6 Å². The number of sulfone groups is 1. The summed E-state index contributed by atoms with van der Waals surface area (Å²) in [6.45, 7) is 7.62. The molecule has 1 aliphatic heterocycles. The van der Waals surface area contributed by atoms with Gasteiger partial charge >= 0.3 is 0 Å². The van der Waals surface area contributed by atoms with Crippen molar-refractivity contribution in [3.8, 4) is 0 Å². The average molecular weight is 525 g/mol. The fourth-order valence-electron chi connectivity index (χ4n) is 2.86. The molecule has 1 atom stereocenters. The maximum absolute atomic E-state index is 11.6. The first kappa shape index (κ1) is 25.1. The summed E-state index contributed by atoms with van der Waals surface area (Å²) < 4.78 is 34.1. The third-order valence-electron chi connectivity index (χ3n) is 4.17. The monoisotopic (exact) mass is 525 g/mol. The van der Waals surface area contributed by atoms with E-state index in [0.29, 0.717) is 45.4 Å². The van der Waals surface area contributed by atoms with Gasteiger partial charge in [-0.05, 0) is 31.4 Å². The van der Waals surface area contributed by atoms with Gasteiger partial charge < -0.3 is 20.1 Å². The summed E-state index contributed by atoms with van der Waals surface area (Å²) in [5.74, 6) is 1.07. The topological polar surface area (TPSA) is 89.0 Å². The van der Waals surface area contributed by atoms with Crippen molar-refractivity contribution in [1.29, 1.82) is 0 Å². The van der Waals surface area contributed by atoms with Crippen LogP contribution in [0.15, 0.2) is 29.3 Å². The van der Waals surface area contributed by atoms with E-state index >= 15 is 0 Å². The number of nitrogens with one attached hydrogen (secondary N) is 2. The second-order valence-electron chi connectivity index (χ2n) is 6.51. The second-order valence-corrected chi connectivity index (χ2v) is 8.74. The smallest absolute Gasteiger partial charge is 0.191 e. The van der Waals surface area contributed by atoms with Crippen LogP contribution in [0.5, 0.6) is 0 Å². The number of hydrogen-bond donors (Lipinski definition) is 2. The van der Waals surface area contributed by atoms with E-state index < -0.39 is 9.84 Å². The Morgan fingerprint density at radius 1 is 1.21 bits per heavy atom. The quantitative estimate of drug-likeness (QED) is 0.211. The summed E-state index contributed by atoms with van der Waals surface area (Å²) in [6.07, 6.45) is 0.626. The fraction of sp³-hybridized carbons (Fsp3) is 0.632. The van der Waals surface area contributed by atoms with Crippen molar-refractivity contribution < 1.29 is 17.9 Å². The molecule has 7 nitrogen and oxygen atoms in total. The lowest BCUT2D eigenvalue weighted by Crippen LogP contribution is -2.44. The summed E-state index contributed by atoms with van der Waals surface area (Å²) in [6, 6.07) is 8.05. The number of ether oxygens (including phenoxy) is 2. The van der Waals surface area contributed by atoms with Gasteiger partial charge in [-0.25, -0.2) is 13.4 Å². The lowest BCUT2D eigenvalue weighted by atomic mass is 10.1. The zero-order chi connectivity index (χ0) is 19.5. The maximum atomic E-state index is 11.6. The molecule has 1 heterocycles. The van der Waals surface area contributed by atoms with Crippen molar-refractivity contribution >= 4 is 39.8 Å². The van der Waals surface area contributed by atoms with Gasteiger partial charge in [0.05, 0.1) is 37.9 Å². The summed E-state index contributed by atoms with van der Waals surface area (Å²) in [7, 11) is -2.91. The number of rotatable bonds is 10. The van der Waals surface area contributed by atoms with Crippen molar-refractivity contribution in [2.75, 3.05) is 37.9 Å². The number of halogens is 1. The molecule has 0 aromatic heterocycles. The third-order valence-corrected chi connectivity index (χ3v) is 5.94. The molecule has 0 amide bonds. The molecular weight excluding hydrogens is 493 g/mol. The number of aliphatic imine (C=N–C) groups is 1. The Kier molecular flexibility index (Phi) is 12.0. The molecule has 2 N–H and O–H groups in total. The molecule has 0 saturated carbocycles. The molecule has 0 radical (unpaired) electrons. The maximum Gasteiger partial charge on any atom is 0.191 e. The van der Waals surface area contributed by atoms with Crippen LogP contribution in [-0.2, 0) is 32.5 Å². The Labute approximate surface area is 185 Å². The first-order valence-corrected chi connectivity index (χ1v) is 11.3. The van der Waals surface area contributed by atoms with E-state index in [1.807, 2.05) is 32.0 Å². The standard InChI is InChI=1S/C19H31N3O4S.HI/c1-3-20-19(22-18-8-11-27(23,24)15-18)21-13-16-6-5-7-17(12-16)14-26-10-9-25-4-2;/h5-7,12,18H,3-4,8-11,13-15H2,1-2H3,(H2,20,21,22);1H. The van der Waals surface area contributed by atoms with Crippen LogP contribution in [0.1, 0.15) is 31.4 Å². The van der Waals surface area contributed by atoms with Crippen molar-refractivity contribution in [3.05, 3.63) is 35.4 Å². The minimum atomic E-state index is -2.91. The minimum absolute atomic E-state index is 0. The highest BCUT2D eigenvalue weighted by Crippen LogP contribution is 2.11. The highest BCUT2D eigenvalue weighted by molar-refractivity contribution is 14.0. The third kappa shape index (κ3) is 9.53. The Balaban J connectivity index is 0.00000392. The molecule has 160 valence electrons. The van der Waals surface area contributed by atoms with E-state index in [1.165, 1.54) is 0 Å². The van der Waals surface area contributed by atoms with E-state index in [0.717, 1.165) is 17.7 Å². The molecule has 0 spiro atoms. The summed E-state index contributed by atoms with van der Waals surface area (Å²) in [4.78, 5) is 4.60. The fourth-order valence-corrected chi connectivity index (χ4v) is 4.54. The van der Waals surface area contributed by atoms with Crippen molar-refractivity contribution in [2.24, 2.45) is 4.99 Å². The number of guanidine groups is 1. The highest BCUT2D eigenvalue weighted by Gasteiger charge is 2.28. The molecule has 1 aromatic rings. The average Bonchev–Trinajstić information content (AvgIpc) is 2.98. The lowest BCUT2D eigenvalue weighted by molar-refractivity contribution is 0.0453. The van der Waals surface area contributed by atoms with Gasteiger partial charge in [-0.3, -0.25) is 0 Å². The highest BCUT2D eigenvalue weighted by atomic mass is 127. The van der Waals surface area contributed by atoms with Crippen LogP contribution >= 0.6 is 24.0 Å². The van der Waals surface area contributed by atoms with E-state index in [1.54, 1.807) is 0 Å². The van der Waals surface area contributed by atoms with Gasteiger partial charge in [-0.2, -0.15) is 0 Å². The molecule has 1 aromatic carbocycles. The van der Waals surface area contributed by atoms with E-state index in [9.17, 15) is 8.42 Å². The first-order chi connectivity index (χ1) is 13.0. The SMILES string of the molecule is CCNC(=NCc1cccc(COCCOCC)c1)NC1CCS(=O)(=O)C1.I. The van der Waals surface area contributed by atoms with Crippen LogP contribution in [-0.4, -0.2) is 58.3 Å². The van der Waals surface area contributed by atoms with Crippen LogP contribution < -0.4 is 10.6 Å². The van der Waals surface area contributed by atoms with Crippen molar-refractivity contribution in [3.63, 3.8) is 0 Å². The second kappa shape index (κ2) is 13.3. The zero-order valence-corrected chi connectivity index (χ0v) is 19.8. The van der Waals surface area contributed by atoms with Crippen LogP contribution in [0.25, 0.3) is 0 Å². The van der Waals surface area contributed by atoms with Gasteiger partial charge in [0.25, 0.3) is 0 Å². The predicted molar refractivity (Wildman–Crippen MR) is 123 cm³/mol. The molecular formula is C19H32IN3O4S. The Bertz CT molecular complexity index is 713. The van der Waals surface area contributed by atoms with Gasteiger partial charge in [0.1, 0.15) is 0 Å². The molecule has 9 heteroatoms. The molecule has 1 fully saturated rings. The largest absolute Gasteiger partial charge is 0.379 e. The van der Waals surface area contributed by atoms with Gasteiger partial charge in [0.2, 0.25) is 0 Å². The molecule has 0 aliphatic carbocycles. The van der Waals surface area contributed by atoms with Gasteiger partial charge in [0, 0.05) is 19.2 Å². The van der Waals surface area contributed by atoms with Gasteiger partial charge in [-0.15, -0.1) is 24.0 Å². The van der Waals surface area contributed by atoms with E-state index in [2.05, 4.69) is 21.7 Å². The van der Waals surface area contributed by atoms with Crippen LogP contribution in [0.3, 0.4) is 0 Å².